The van der Waals surface area contributed by atoms with Gasteiger partial charge < -0.3 is 5.11 Å². The maximum atomic E-state index is 10.6. The molecule has 2 atom stereocenters. The lowest BCUT2D eigenvalue weighted by Crippen LogP contribution is -2.11. The molecule has 0 saturated carbocycles. The second-order valence-electron chi connectivity index (χ2n) is 2.70. The summed E-state index contributed by atoms with van der Waals surface area (Å²) in [5.74, 6) is -1.59. The van der Waals surface area contributed by atoms with Crippen LogP contribution in [0.5, 0.6) is 0 Å². The van der Waals surface area contributed by atoms with Crippen molar-refractivity contribution < 1.29 is 11.3 Å². The molecule has 1 aromatic rings. The molecule has 12 heavy (non-hydrogen) atoms. The second-order valence-corrected chi connectivity index (χ2v) is 2.70. The van der Waals surface area contributed by atoms with Gasteiger partial charge >= 0.3 is 5.97 Å². The van der Waals surface area contributed by atoms with E-state index in [-0.39, 0.29) is 0 Å². The number of carbonyl (C=O) groups is 1. The molecule has 0 spiro atoms. The fourth-order valence-corrected chi connectivity index (χ4v) is 0.924. The van der Waals surface area contributed by atoms with Crippen molar-refractivity contribution in [3.63, 3.8) is 0 Å². The zero-order valence-electron chi connectivity index (χ0n) is 7.90. The Morgan fingerprint density at radius 1 is 1.58 bits per heavy atom. The number of aliphatic carboxylic acids is 1. The molecule has 0 heterocycles. The summed E-state index contributed by atoms with van der Waals surface area (Å²) in [6, 6.07) is 9.02. The van der Waals surface area contributed by atoms with E-state index in [1.807, 2.05) is 18.2 Å². The third-order valence-corrected chi connectivity index (χ3v) is 1.63. The van der Waals surface area contributed by atoms with Crippen LogP contribution < -0.4 is 0 Å². The van der Waals surface area contributed by atoms with Gasteiger partial charge in [-0.3, -0.25) is 4.79 Å². The third-order valence-electron chi connectivity index (χ3n) is 1.63. The molecule has 0 radical (unpaired) electrons. The van der Waals surface area contributed by atoms with Crippen molar-refractivity contribution in [2.24, 2.45) is 5.92 Å². The number of rotatable bonds is 3. The van der Waals surface area contributed by atoms with E-state index in [1.54, 1.807) is 19.1 Å². The summed E-state index contributed by atoms with van der Waals surface area (Å²) in [7, 11) is 0. The normalized spacial score (nSPS) is 16.2. The van der Waals surface area contributed by atoms with Crippen LogP contribution in [0.2, 0.25) is 0 Å². The molecular formula is C10H12O2. The SMILES string of the molecule is [2H]C(c1ccccc1)C(C)C(=O)O. The molecule has 1 N–H and O–H groups in total. The van der Waals surface area contributed by atoms with Crippen molar-refractivity contribution in [3.05, 3.63) is 35.9 Å². The number of hydrogen-bond donors (Lipinski definition) is 1. The molecule has 2 nitrogen and oxygen atoms in total. The summed E-state index contributed by atoms with van der Waals surface area (Å²) in [6.45, 7) is 1.55. The van der Waals surface area contributed by atoms with Gasteiger partial charge in [-0.15, -0.1) is 0 Å². The molecule has 0 amide bonds. The highest BCUT2D eigenvalue weighted by atomic mass is 16.4. The zero-order valence-corrected chi connectivity index (χ0v) is 6.90. The molecule has 0 bridgehead atoms. The monoisotopic (exact) mass is 165 g/mol. The van der Waals surface area contributed by atoms with Crippen LogP contribution in [-0.4, -0.2) is 11.1 Å². The van der Waals surface area contributed by atoms with Crippen molar-refractivity contribution in [3.8, 4) is 0 Å². The zero-order chi connectivity index (χ0) is 9.84. The Hall–Kier alpha value is -1.31. The van der Waals surface area contributed by atoms with Crippen LogP contribution in [-0.2, 0) is 11.2 Å². The van der Waals surface area contributed by atoms with E-state index in [0.29, 0.717) is 0 Å². The Morgan fingerprint density at radius 2 is 2.17 bits per heavy atom. The summed E-state index contributed by atoms with van der Waals surface area (Å²) in [6.07, 6.45) is -0.682. The highest BCUT2D eigenvalue weighted by Crippen LogP contribution is 2.07. The molecule has 0 saturated heterocycles. The van der Waals surface area contributed by atoms with E-state index in [9.17, 15) is 4.79 Å². The van der Waals surface area contributed by atoms with Crippen LogP contribution in [0.4, 0.5) is 0 Å². The number of hydrogen-bond acceptors (Lipinski definition) is 1. The van der Waals surface area contributed by atoms with Crippen LogP contribution in [0.25, 0.3) is 0 Å². The minimum Gasteiger partial charge on any atom is -0.481 e. The van der Waals surface area contributed by atoms with Crippen molar-refractivity contribution in [1.29, 1.82) is 0 Å². The highest BCUT2D eigenvalue weighted by molar-refractivity contribution is 5.69. The fourth-order valence-electron chi connectivity index (χ4n) is 0.924. The van der Waals surface area contributed by atoms with Gasteiger partial charge in [0.2, 0.25) is 0 Å². The maximum Gasteiger partial charge on any atom is 0.306 e. The lowest BCUT2D eigenvalue weighted by molar-refractivity contribution is -0.141. The molecule has 1 aromatic carbocycles. The standard InChI is InChI=1S/C10H12O2/c1-8(10(11)12)7-9-5-3-2-4-6-9/h2-6,8H,7H2,1H3,(H,11,12)/i7D. The molecule has 2 unspecified atom stereocenters. The predicted molar refractivity (Wildman–Crippen MR) is 46.9 cm³/mol. The minimum atomic E-state index is -0.927. The van der Waals surface area contributed by atoms with Crippen LogP contribution in [0.15, 0.2) is 30.3 Å². The van der Waals surface area contributed by atoms with Gasteiger partial charge in [-0.05, 0) is 12.0 Å². The Balaban J connectivity index is 2.79. The third kappa shape index (κ3) is 2.38. The highest BCUT2D eigenvalue weighted by Gasteiger charge is 2.10. The van der Waals surface area contributed by atoms with Crippen molar-refractivity contribution >= 4 is 5.97 Å². The number of carboxylic acid groups (broad SMARTS) is 1. The molecule has 64 valence electrons. The van der Waals surface area contributed by atoms with E-state index in [4.69, 9.17) is 6.48 Å². The molecule has 2 heteroatoms. The summed E-state index contributed by atoms with van der Waals surface area (Å²) < 4.78 is 7.67. The average molecular weight is 165 g/mol. The largest absolute Gasteiger partial charge is 0.481 e. The summed E-state index contributed by atoms with van der Waals surface area (Å²) in [4.78, 5) is 10.6. The summed E-state index contributed by atoms with van der Waals surface area (Å²) >= 11 is 0. The Labute approximate surface area is 73.3 Å². The molecule has 0 aromatic heterocycles. The van der Waals surface area contributed by atoms with Gasteiger partial charge in [0.15, 0.2) is 0 Å². The minimum absolute atomic E-state index is 0.664. The molecule has 0 aliphatic carbocycles. The lowest BCUT2D eigenvalue weighted by atomic mass is 10.0. The average Bonchev–Trinajstić information content (AvgIpc) is 2.17. The topological polar surface area (TPSA) is 37.3 Å². The van der Waals surface area contributed by atoms with Crippen molar-refractivity contribution in [2.45, 2.75) is 13.3 Å². The smallest absolute Gasteiger partial charge is 0.306 e. The Bertz CT molecular complexity index is 284. The molecule has 1 rings (SSSR count). The molecule has 0 aliphatic heterocycles. The van der Waals surface area contributed by atoms with Crippen LogP contribution in [0, 0.1) is 5.92 Å². The van der Waals surface area contributed by atoms with Gasteiger partial charge in [0.25, 0.3) is 0 Å². The summed E-state index contributed by atoms with van der Waals surface area (Å²) in [5.41, 5.74) is 0.748. The van der Waals surface area contributed by atoms with Crippen LogP contribution >= 0.6 is 0 Å². The first-order valence-corrected chi connectivity index (χ1v) is 3.83. The lowest BCUT2D eigenvalue weighted by Gasteiger charge is -2.04. The first kappa shape index (κ1) is 7.35. The first-order chi connectivity index (χ1) is 6.13. The fraction of sp³-hybridized carbons (Fsp3) is 0.300. The van der Waals surface area contributed by atoms with Gasteiger partial charge in [-0.1, -0.05) is 37.3 Å². The predicted octanol–water partition coefficient (Wildman–Crippen LogP) is 1.95. The van der Waals surface area contributed by atoms with Gasteiger partial charge in [0, 0.05) is 1.37 Å². The first-order valence-electron chi connectivity index (χ1n) is 4.40. The molecular weight excluding hydrogens is 152 g/mol. The van der Waals surface area contributed by atoms with Gasteiger partial charge in [-0.25, -0.2) is 0 Å². The second kappa shape index (κ2) is 3.90. The van der Waals surface area contributed by atoms with Crippen molar-refractivity contribution in [1.82, 2.24) is 0 Å². The maximum absolute atomic E-state index is 10.6. The van der Waals surface area contributed by atoms with Crippen LogP contribution in [0.3, 0.4) is 0 Å². The van der Waals surface area contributed by atoms with E-state index in [2.05, 4.69) is 0 Å². The number of benzene rings is 1. The Morgan fingerprint density at radius 3 is 2.67 bits per heavy atom. The number of carboxylic acids is 1. The van der Waals surface area contributed by atoms with Gasteiger partial charge in [0.1, 0.15) is 0 Å². The molecule has 0 fully saturated rings. The van der Waals surface area contributed by atoms with E-state index >= 15 is 0 Å². The van der Waals surface area contributed by atoms with Crippen molar-refractivity contribution in [2.75, 3.05) is 0 Å². The van der Waals surface area contributed by atoms with Gasteiger partial charge in [-0.2, -0.15) is 0 Å². The van der Waals surface area contributed by atoms with Crippen LogP contribution in [0.1, 0.15) is 13.9 Å². The Kier molecular flexibility index (Phi) is 2.39. The van der Waals surface area contributed by atoms with E-state index in [1.165, 1.54) is 0 Å². The van der Waals surface area contributed by atoms with E-state index in [0.717, 1.165) is 5.56 Å². The molecule has 0 aliphatic rings. The van der Waals surface area contributed by atoms with E-state index < -0.39 is 18.3 Å². The quantitative estimate of drug-likeness (QED) is 0.743. The summed E-state index contributed by atoms with van der Waals surface area (Å²) in [5, 5.41) is 8.69. The van der Waals surface area contributed by atoms with Gasteiger partial charge in [0.05, 0.1) is 5.92 Å².